The molecule has 0 saturated carbocycles. The summed E-state index contributed by atoms with van der Waals surface area (Å²) < 4.78 is 119. The van der Waals surface area contributed by atoms with Gasteiger partial charge in [-0.1, -0.05) is 77.7 Å². The Bertz CT molecular complexity index is 3950. The first-order valence-electron chi connectivity index (χ1n) is 33.3. The van der Waals surface area contributed by atoms with Gasteiger partial charge < -0.3 is 0 Å². The van der Waals surface area contributed by atoms with Gasteiger partial charge in [-0.15, -0.1) is 0 Å². The highest BCUT2D eigenvalue weighted by atomic mass is 14.9. The van der Waals surface area contributed by atoms with Crippen molar-refractivity contribution in [1.82, 2.24) is 0 Å². The summed E-state index contributed by atoms with van der Waals surface area (Å²) in [5.41, 5.74) is 23.3. The summed E-state index contributed by atoms with van der Waals surface area (Å²) in [6, 6.07) is 31.4. The summed E-state index contributed by atoms with van der Waals surface area (Å²) in [5, 5.41) is 0. The zero-order valence-corrected chi connectivity index (χ0v) is 46.0. The molecule has 4 aromatic carbocycles. The van der Waals surface area contributed by atoms with E-state index >= 15 is 0 Å². The first kappa shape index (κ1) is 38.1. The van der Waals surface area contributed by atoms with Gasteiger partial charge in [0.1, 0.15) is 28.2 Å². The Morgan fingerprint density at radius 3 is 1.16 bits per heavy atom. The number of aryl methyl sites for hydroxylation is 20. The number of hydrogen-bond donors (Lipinski definition) is 0. The molecule has 3 aliphatic carbocycles. The molecule has 0 atom stereocenters. The molecular weight excluding hydrogens is 897 g/mol. The van der Waals surface area contributed by atoms with Crippen LogP contribution in [0.4, 0.5) is 0 Å². The third-order valence-electron chi connectivity index (χ3n) is 14.7. The Hall–Kier alpha value is -6.52. The molecule has 4 heterocycles. The average Bonchev–Trinajstić information content (AvgIpc) is 1.51. The van der Waals surface area contributed by atoms with E-state index in [1.54, 1.807) is 95.3 Å². The summed E-state index contributed by atoms with van der Waals surface area (Å²) in [6.07, 6.45) is 7.68. The second-order valence-corrected chi connectivity index (χ2v) is 20.6. The van der Waals surface area contributed by atoms with Crippen molar-refractivity contribution in [2.24, 2.45) is 28.2 Å². The second kappa shape index (κ2) is 23.8. The monoisotopic (exact) mass is 997 g/mol. The molecule has 0 radical (unpaired) electrons. The number of aromatic nitrogens is 4. The van der Waals surface area contributed by atoms with Gasteiger partial charge in [-0.2, -0.15) is 0 Å². The number of hydrogen-bond acceptors (Lipinski definition) is 0. The van der Waals surface area contributed by atoms with Crippen molar-refractivity contribution in [1.29, 1.82) is 0 Å². The molecule has 0 fully saturated rings. The van der Waals surface area contributed by atoms with Crippen LogP contribution in [0.25, 0.3) is 45.0 Å². The van der Waals surface area contributed by atoms with Crippen LogP contribution in [0.5, 0.6) is 0 Å². The molecule has 0 amide bonds. The standard InChI is InChI=1S/2C18H22N.C17H20N.C17H22N/c2*1-13-8-9-17(14(2)10-13)18-11-15-6-4-5-7-16(15)12-19(18)3;1-12-7-8-16(13(2)9-12)17-10-14-5-4-6-15(14)11-18(17)3;1-6-15-11-18(5)17(10-13(15)3)16-8-7-12(2)9-14(16)4/h2*8-12H,4-7H2,1-3H3;7-11H,4-6H2,1-3H3;7-11H,6H2,1-5H3/q4*+1/i1D3,6D2,7D2;;1D3,5D2,6D2;. The SMILES string of the molecule is CCc1c[n+](C)c(-c2ccc(C)cc2C)cc1C.Cc1ccc(-c2cc3c(c[n+]2C)CCCC3)c(C)c1.[2H]C([2H])([2H])c1ccc(-c2cc3c(c[n+]2C)C([2H])([2H])CC3([2H])[2H])c(C)c1.[2H]C([2H])([2H])c1ccc(-c2cc3c(c[n+]2C)C([2H])([2H])CCC3([2H])[2H])c(C)c1. The van der Waals surface area contributed by atoms with Crippen molar-refractivity contribution in [2.75, 3.05) is 0 Å². The van der Waals surface area contributed by atoms with Crippen LogP contribution in [0.2, 0.25) is 0 Å². The summed E-state index contributed by atoms with van der Waals surface area (Å²) in [7, 11) is 7.89. The predicted molar refractivity (Wildman–Crippen MR) is 310 cm³/mol. The highest BCUT2D eigenvalue weighted by molar-refractivity contribution is 5.65. The molecule has 0 unspecified atom stereocenters. The Morgan fingerprint density at radius 1 is 0.365 bits per heavy atom. The summed E-state index contributed by atoms with van der Waals surface area (Å²) >= 11 is 0. The topological polar surface area (TPSA) is 15.5 Å². The Balaban J connectivity index is 0.000000154. The molecule has 0 saturated heterocycles. The maximum absolute atomic E-state index is 8.30. The molecule has 4 heteroatoms. The summed E-state index contributed by atoms with van der Waals surface area (Å²) in [4.78, 5) is 0. The minimum atomic E-state index is -2.17. The van der Waals surface area contributed by atoms with E-state index in [4.69, 9.17) is 19.2 Å². The molecule has 4 nitrogen and oxygen atoms in total. The van der Waals surface area contributed by atoms with Crippen LogP contribution in [0.15, 0.2) is 122 Å². The molecule has 382 valence electrons. The van der Waals surface area contributed by atoms with Crippen molar-refractivity contribution in [3.8, 4) is 45.0 Å². The van der Waals surface area contributed by atoms with Gasteiger partial charge in [-0.25, -0.2) is 18.3 Å². The molecule has 11 rings (SSSR count). The summed E-state index contributed by atoms with van der Waals surface area (Å²) in [6.45, 7) is 12.4. The number of rotatable bonds is 5. The fourth-order valence-corrected chi connectivity index (χ4v) is 10.7. The largest absolute Gasteiger partial charge is 0.212 e. The fraction of sp³-hybridized carbons (Fsp3) is 0.371. The number of pyridine rings is 4. The summed E-state index contributed by atoms with van der Waals surface area (Å²) in [5.74, 6) is 0. The lowest BCUT2D eigenvalue weighted by Gasteiger charge is -2.15. The molecule has 0 N–H and O–H groups in total. The second-order valence-electron chi connectivity index (χ2n) is 20.6. The van der Waals surface area contributed by atoms with E-state index in [-0.39, 0.29) is 30.4 Å². The first-order valence-corrected chi connectivity index (χ1v) is 26.3. The third kappa shape index (κ3) is 12.5. The van der Waals surface area contributed by atoms with Crippen LogP contribution < -0.4 is 18.3 Å². The Morgan fingerprint density at radius 2 is 0.716 bits per heavy atom. The van der Waals surface area contributed by atoms with Crippen LogP contribution in [0.3, 0.4) is 0 Å². The minimum absolute atomic E-state index is 0.136. The number of nitrogens with zero attached hydrogens (tertiary/aromatic N) is 4. The number of benzene rings is 4. The van der Waals surface area contributed by atoms with Crippen molar-refractivity contribution in [3.05, 3.63) is 211 Å². The van der Waals surface area contributed by atoms with Gasteiger partial charge in [0, 0.05) is 88.0 Å². The molecular formula is C70H86N4+4. The highest BCUT2D eigenvalue weighted by Gasteiger charge is 2.23. The van der Waals surface area contributed by atoms with E-state index in [1.165, 1.54) is 81.6 Å². The van der Waals surface area contributed by atoms with Crippen LogP contribution >= 0.6 is 0 Å². The van der Waals surface area contributed by atoms with Gasteiger partial charge in [0.15, 0.2) is 24.8 Å². The quantitative estimate of drug-likeness (QED) is 0.153. The van der Waals surface area contributed by atoms with Crippen LogP contribution in [-0.2, 0) is 72.9 Å². The minimum Gasteiger partial charge on any atom is -0.201 e. The van der Waals surface area contributed by atoms with Crippen molar-refractivity contribution >= 4 is 0 Å². The van der Waals surface area contributed by atoms with Crippen LogP contribution in [0, 0.1) is 62.2 Å². The van der Waals surface area contributed by atoms with E-state index < -0.39 is 39.2 Å². The van der Waals surface area contributed by atoms with Crippen LogP contribution in [-0.4, -0.2) is 0 Å². The molecule has 8 aromatic rings. The lowest BCUT2D eigenvalue weighted by molar-refractivity contribution is -0.661. The van der Waals surface area contributed by atoms with E-state index in [2.05, 4.69) is 126 Å². The first-order chi connectivity index (χ1) is 40.8. The molecule has 0 aliphatic heterocycles. The van der Waals surface area contributed by atoms with Crippen molar-refractivity contribution in [2.45, 2.75) is 146 Å². The van der Waals surface area contributed by atoms with Gasteiger partial charge in [-0.05, 0) is 208 Å². The molecule has 0 bridgehead atoms. The average molecular weight is 998 g/mol. The molecule has 0 spiro atoms. The maximum Gasteiger partial charge on any atom is 0.212 e. The molecule has 74 heavy (non-hydrogen) atoms. The van der Waals surface area contributed by atoms with E-state index in [9.17, 15) is 0 Å². The van der Waals surface area contributed by atoms with Crippen molar-refractivity contribution in [3.63, 3.8) is 0 Å². The van der Waals surface area contributed by atoms with Gasteiger partial charge in [0.05, 0.1) is 0 Å². The zero-order chi connectivity index (χ0) is 65.0. The smallest absolute Gasteiger partial charge is 0.201 e. The highest BCUT2D eigenvalue weighted by Crippen LogP contribution is 2.30. The lowest BCUT2D eigenvalue weighted by atomic mass is 9.91. The normalized spacial score (nSPS) is 19.1. The zero-order valence-electron chi connectivity index (χ0n) is 60.0. The van der Waals surface area contributed by atoms with Gasteiger partial charge in [0.2, 0.25) is 22.8 Å². The number of fused-ring (bicyclic) bond motifs is 3. The van der Waals surface area contributed by atoms with Gasteiger partial charge >= 0.3 is 0 Å². The fourth-order valence-electron chi connectivity index (χ4n) is 10.7. The maximum atomic E-state index is 8.30. The predicted octanol–water partition coefficient (Wildman–Crippen LogP) is 14.3. The van der Waals surface area contributed by atoms with E-state index in [1.807, 2.05) is 13.8 Å². The Labute approximate surface area is 466 Å². The van der Waals surface area contributed by atoms with Crippen LogP contribution in [0.1, 0.15) is 147 Å². The van der Waals surface area contributed by atoms with Crippen molar-refractivity contribution < 1.29 is 37.5 Å². The van der Waals surface area contributed by atoms with E-state index in [0.717, 1.165) is 40.1 Å². The molecule has 3 aliphatic rings. The lowest BCUT2D eigenvalue weighted by Crippen LogP contribution is -2.32. The Kier molecular flexibility index (Phi) is 12.2. The van der Waals surface area contributed by atoms with Gasteiger partial charge in [-0.3, -0.25) is 0 Å². The molecule has 4 aromatic heterocycles. The third-order valence-corrected chi connectivity index (χ3v) is 14.7. The van der Waals surface area contributed by atoms with E-state index in [0.29, 0.717) is 22.3 Å². The van der Waals surface area contributed by atoms with Gasteiger partial charge in [0.25, 0.3) is 0 Å².